The summed E-state index contributed by atoms with van der Waals surface area (Å²) in [4.78, 5) is 0. The van der Waals surface area contributed by atoms with Crippen LogP contribution in [0.5, 0.6) is 5.75 Å². The van der Waals surface area contributed by atoms with E-state index < -0.39 is 0 Å². The van der Waals surface area contributed by atoms with Gasteiger partial charge in [0.1, 0.15) is 12.4 Å². The lowest BCUT2D eigenvalue weighted by atomic mass is 10.0. The molecule has 0 fully saturated rings. The first-order chi connectivity index (χ1) is 13.7. The third-order valence-corrected chi connectivity index (χ3v) is 4.93. The number of halogens is 1. The van der Waals surface area contributed by atoms with Crippen molar-refractivity contribution in [3.8, 4) is 16.9 Å². The van der Waals surface area contributed by atoms with Crippen molar-refractivity contribution >= 4 is 24.2 Å². The van der Waals surface area contributed by atoms with Crippen LogP contribution in [0.4, 0.5) is 0 Å². The van der Waals surface area contributed by atoms with Gasteiger partial charge in [0.2, 0.25) is 0 Å². The van der Waals surface area contributed by atoms with Crippen LogP contribution >= 0.6 is 11.6 Å². The molecule has 0 aliphatic carbocycles. The maximum atomic E-state index is 5.90. The molecule has 6 heteroatoms. The van der Waals surface area contributed by atoms with Crippen molar-refractivity contribution in [1.29, 1.82) is 0 Å². The molecule has 4 aromatic rings. The number of benzene rings is 3. The largest absolute Gasteiger partial charge is 0.740 e. The van der Waals surface area contributed by atoms with Crippen LogP contribution in [0.1, 0.15) is 11.4 Å². The molecule has 0 atom stereocenters. The van der Waals surface area contributed by atoms with Gasteiger partial charge in [-0.15, -0.1) is 5.10 Å². The molecule has 0 aliphatic heterocycles. The standard InChI is InChI=1S/C22H18ClN3OS/c23-19-10-12-20(13-11-19)27-15-21-24-25-22(28)26(21)14-16-6-8-18(9-7-16)17-4-2-1-3-5-17/h1-13H,14-15H2,(H,25,28)/p-1. The van der Waals surface area contributed by atoms with Crippen LogP contribution in [0.2, 0.25) is 5.02 Å². The Morgan fingerprint density at radius 1 is 0.821 bits per heavy atom. The van der Waals surface area contributed by atoms with E-state index in [-0.39, 0.29) is 6.61 Å². The van der Waals surface area contributed by atoms with Gasteiger partial charge in [-0.3, -0.25) is 0 Å². The minimum absolute atomic E-state index is 0.285. The molecule has 0 saturated carbocycles. The van der Waals surface area contributed by atoms with E-state index in [0.29, 0.717) is 22.5 Å². The van der Waals surface area contributed by atoms with Crippen molar-refractivity contribution in [1.82, 2.24) is 14.8 Å². The summed E-state index contributed by atoms with van der Waals surface area (Å²) >= 11 is 11.2. The van der Waals surface area contributed by atoms with E-state index in [2.05, 4.69) is 46.6 Å². The summed E-state index contributed by atoms with van der Waals surface area (Å²) in [6, 6.07) is 25.9. The van der Waals surface area contributed by atoms with Gasteiger partial charge in [-0.25, -0.2) is 0 Å². The van der Waals surface area contributed by atoms with Gasteiger partial charge in [-0.1, -0.05) is 66.2 Å². The van der Waals surface area contributed by atoms with Crippen LogP contribution in [-0.2, 0) is 25.8 Å². The molecule has 0 unspecified atom stereocenters. The van der Waals surface area contributed by atoms with Crippen LogP contribution in [0, 0.1) is 0 Å². The summed E-state index contributed by atoms with van der Waals surface area (Å²) in [5, 5.41) is 9.31. The highest BCUT2D eigenvalue weighted by Crippen LogP contribution is 2.21. The first kappa shape index (κ1) is 18.5. The lowest BCUT2D eigenvalue weighted by Gasteiger charge is -2.14. The van der Waals surface area contributed by atoms with Crippen LogP contribution in [0.25, 0.3) is 11.1 Å². The predicted octanol–water partition coefficient (Wildman–Crippen LogP) is 5.13. The van der Waals surface area contributed by atoms with Crippen LogP contribution < -0.4 is 4.74 Å². The monoisotopic (exact) mass is 406 g/mol. The molecular weight excluding hydrogens is 390 g/mol. The Morgan fingerprint density at radius 2 is 1.50 bits per heavy atom. The maximum absolute atomic E-state index is 5.90. The van der Waals surface area contributed by atoms with E-state index in [9.17, 15) is 0 Å². The second-order valence-electron chi connectivity index (χ2n) is 6.29. The molecule has 0 bridgehead atoms. The van der Waals surface area contributed by atoms with Crippen molar-refractivity contribution in [3.05, 3.63) is 95.3 Å². The lowest BCUT2D eigenvalue weighted by Crippen LogP contribution is -2.09. The SMILES string of the molecule is [S-]c1nnc(COc2ccc(Cl)cc2)n1Cc1ccc(-c2ccccc2)cc1. The number of nitrogens with zero attached hydrogens (tertiary/aromatic N) is 3. The fourth-order valence-electron chi connectivity index (χ4n) is 2.88. The Bertz CT molecular complexity index is 1050. The van der Waals surface area contributed by atoms with Gasteiger partial charge < -0.3 is 21.9 Å². The van der Waals surface area contributed by atoms with Crippen molar-refractivity contribution in [2.24, 2.45) is 0 Å². The van der Waals surface area contributed by atoms with Gasteiger partial charge in [0, 0.05) is 16.7 Å². The summed E-state index contributed by atoms with van der Waals surface area (Å²) in [6.07, 6.45) is 0. The predicted molar refractivity (Wildman–Crippen MR) is 112 cm³/mol. The van der Waals surface area contributed by atoms with E-state index in [1.165, 1.54) is 11.1 Å². The van der Waals surface area contributed by atoms with Crippen molar-refractivity contribution < 1.29 is 4.74 Å². The second kappa shape index (κ2) is 8.42. The fraction of sp³-hybridized carbons (Fsp3) is 0.0909. The second-order valence-corrected chi connectivity index (χ2v) is 7.09. The molecule has 0 amide bonds. The van der Waals surface area contributed by atoms with Gasteiger partial charge in [0.05, 0.1) is 0 Å². The molecule has 0 N–H and O–H groups in total. The van der Waals surface area contributed by atoms with E-state index in [1.807, 2.05) is 34.9 Å². The highest BCUT2D eigenvalue weighted by molar-refractivity contribution is 7.58. The quantitative estimate of drug-likeness (QED) is 0.416. The van der Waals surface area contributed by atoms with Crippen LogP contribution in [-0.4, -0.2) is 14.8 Å². The Labute approximate surface area is 174 Å². The van der Waals surface area contributed by atoms with E-state index in [0.717, 1.165) is 11.3 Å². The average Bonchev–Trinajstić information content (AvgIpc) is 3.08. The molecule has 1 heterocycles. The zero-order valence-electron chi connectivity index (χ0n) is 15.0. The first-order valence-electron chi connectivity index (χ1n) is 8.81. The molecule has 28 heavy (non-hydrogen) atoms. The van der Waals surface area contributed by atoms with Crippen LogP contribution in [0.3, 0.4) is 0 Å². The Kier molecular flexibility index (Phi) is 5.55. The minimum Gasteiger partial charge on any atom is -0.740 e. The smallest absolute Gasteiger partial charge is 0.169 e. The highest BCUT2D eigenvalue weighted by atomic mass is 35.5. The average molecular weight is 407 g/mol. The number of aromatic nitrogens is 3. The van der Waals surface area contributed by atoms with Crippen molar-refractivity contribution in [2.75, 3.05) is 0 Å². The number of rotatable bonds is 6. The number of hydrogen-bond donors (Lipinski definition) is 0. The Balaban J connectivity index is 1.47. The Hall–Kier alpha value is -2.89. The summed E-state index contributed by atoms with van der Waals surface area (Å²) in [6.45, 7) is 0.883. The van der Waals surface area contributed by atoms with Gasteiger partial charge in [0.25, 0.3) is 0 Å². The van der Waals surface area contributed by atoms with Gasteiger partial charge in [0.15, 0.2) is 5.82 Å². The number of hydrogen-bond acceptors (Lipinski definition) is 4. The van der Waals surface area contributed by atoms with Gasteiger partial charge in [-0.2, -0.15) is 5.10 Å². The summed E-state index contributed by atoms with van der Waals surface area (Å²) < 4.78 is 7.68. The normalized spacial score (nSPS) is 10.8. The minimum atomic E-state index is 0.285. The summed E-state index contributed by atoms with van der Waals surface area (Å²) in [7, 11) is 0. The number of ether oxygens (including phenoxy) is 1. The van der Waals surface area contributed by atoms with E-state index in [4.69, 9.17) is 29.0 Å². The molecule has 0 radical (unpaired) electrons. The third kappa shape index (κ3) is 4.32. The molecule has 0 spiro atoms. The lowest BCUT2D eigenvalue weighted by molar-refractivity contribution is 0.289. The zero-order chi connectivity index (χ0) is 19.3. The zero-order valence-corrected chi connectivity index (χ0v) is 16.5. The fourth-order valence-corrected chi connectivity index (χ4v) is 3.22. The summed E-state index contributed by atoms with van der Waals surface area (Å²) in [5.41, 5.74) is 3.50. The van der Waals surface area contributed by atoms with E-state index >= 15 is 0 Å². The van der Waals surface area contributed by atoms with Crippen molar-refractivity contribution in [3.63, 3.8) is 0 Å². The van der Waals surface area contributed by atoms with Crippen molar-refractivity contribution in [2.45, 2.75) is 18.3 Å². The molecule has 1 aromatic heterocycles. The van der Waals surface area contributed by atoms with E-state index in [1.54, 1.807) is 12.1 Å². The van der Waals surface area contributed by atoms with Crippen LogP contribution in [0.15, 0.2) is 84.0 Å². The molecular formula is C22H17ClN3OS-. The Morgan fingerprint density at radius 3 is 2.21 bits per heavy atom. The molecule has 140 valence electrons. The molecule has 0 aliphatic rings. The molecule has 4 nitrogen and oxygen atoms in total. The molecule has 0 saturated heterocycles. The highest BCUT2D eigenvalue weighted by Gasteiger charge is 2.08. The first-order valence-corrected chi connectivity index (χ1v) is 9.59. The molecule has 4 rings (SSSR count). The van der Waals surface area contributed by atoms with Gasteiger partial charge in [-0.05, 0) is 41.0 Å². The topological polar surface area (TPSA) is 39.9 Å². The third-order valence-electron chi connectivity index (χ3n) is 4.38. The molecule has 3 aromatic carbocycles. The van der Waals surface area contributed by atoms with Gasteiger partial charge >= 0.3 is 0 Å². The summed E-state index contributed by atoms with van der Waals surface area (Å²) in [5.74, 6) is 1.41. The maximum Gasteiger partial charge on any atom is 0.169 e.